The van der Waals surface area contributed by atoms with Crippen LogP contribution in [0.2, 0.25) is 0 Å². The molecule has 0 spiro atoms. The van der Waals surface area contributed by atoms with Gasteiger partial charge < -0.3 is 19.9 Å². The number of carbonyl (C=O) groups is 1. The van der Waals surface area contributed by atoms with Gasteiger partial charge in [-0.1, -0.05) is 30.3 Å². The molecule has 1 aromatic rings. The van der Waals surface area contributed by atoms with E-state index in [1.165, 1.54) is 5.56 Å². The fourth-order valence-electron chi connectivity index (χ4n) is 4.68. The van der Waals surface area contributed by atoms with Gasteiger partial charge in [0.1, 0.15) is 0 Å². The van der Waals surface area contributed by atoms with Crippen molar-refractivity contribution in [1.29, 1.82) is 0 Å². The molecule has 1 aromatic carbocycles. The van der Waals surface area contributed by atoms with Crippen molar-refractivity contribution < 1.29 is 9.53 Å². The summed E-state index contributed by atoms with van der Waals surface area (Å²) in [5.41, 5.74) is 1.28. The molecule has 1 atom stereocenters. The summed E-state index contributed by atoms with van der Waals surface area (Å²) in [5, 5.41) is 3.56. The quantitative estimate of drug-likeness (QED) is 0.899. The Kier molecular flexibility index (Phi) is 5.88. The summed E-state index contributed by atoms with van der Waals surface area (Å²) in [6, 6.07) is 11.4. The van der Waals surface area contributed by atoms with Gasteiger partial charge in [-0.3, -0.25) is 4.79 Å². The first-order valence-corrected chi connectivity index (χ1v) is 10.2. The van der Waals surface area contributed by atoms with Crippen LogP contribution in [0, 0.1) is 5.92 Å². The Morgan fingerprint density at radius 2 is 1.73 bits per heavy atom. The Bertz CT molecular complexity index is 580. The number of amides is 1. The van der Waals surface area contributed by atoms with Crippen molar-refractivity contribution >= 4 is 5.91 Å². The number of hydrogen-bond donors (Lipinski definition) is 1. The number of carbonyl (C=O) groups excluding carboxylic acids is 1. The molecule has 3 aliphatic rings. The van der Waals surface area contributed by atoms with Gasteiger partial charge in [-0.25, -0.2) is 0 Å². The van der Waals surface area contributed by atoms with Crippen LogP contribution in [-0.4, -0.2) is 67.7 Å². The van der Waals surface area contributed by atoms with Crippen LogP contribution in [0.4, 0.5) is 0 Å². The maximum Gasteiger partial charge on any atom is 0.225 e. The van der Waals surface area contributed by atoms with Crippen molar-refractivity contribution in [3.8, 4) is 0 Å². The maximum absolute atomic E-state index is 13.1. The zero-order chi connectivity index (χ0) is 17.8. The Labute approximate surface area is 156 Å². The number of rotatable bonds is 3. The number of benzene rings is 1. The molecule has 0 bridgehead atoms. The highest BCUT2D eigenvalue weighted by molar-refractivity contribution is 5.79. The van der Waals surface area contributed by atoms with E-state index in [1.807, 2.05) is 6.07 Å². The monoisotopic (exact) mass is 357 g/mol. The molecule has 26 heavy (non-hydrogen) atoms. The zero-order valence-corrected chi connectivity index (χ0v) is 15.6. The summed E-state index contributed by atoms with van der Waals surface area (Å²) in [6.07, 6.45) is 4.32. The van der Waals surface area contributed by atoms with Crippen LogP contribution in [0.3, 0.4) is 0 Å². The van der Waals surface area contributed by atoms with Crippen molar-refractivity contribution in [1.82, 2.24) is 15.1 Å². The van der Waals surface area contributed by atoms with Crippen LogP contribution < -0.4 is 5.32 Å². The second kappa shape index (κ2) is 8.51. The number of piperidine rings is 1. The van der Waals surface area contributed by atoms with Gasteiger partial charge in [-0.2, -0.15) is 0 Å². The third kappa shape index (κ3) is 4.11. The van der Waals surface area contributed by atoms with E-state index in [-0.39, 0.29) is 12.0 Å². The van der Waals surface area contributed by atoms with Crippen molar-refractivity contribution in [3.63, 3.8) is 0 Å². The number of hydrogen-bond acceptors (Lipinski definition) is 4. The summed E-state index contributed by atoms with van der Waals surface area (Å²) < 4.78 is 5.48. The molecule has 1 amide bonds. The first-order chi connectivity index (χ1) is 12.8. The van der Waals surface area contributed by atoms with Gasteiger partial charge in [-0.05, 0) is 44.3 Å². The van der Waals surface area contributed by atoms with Crippen LogP contribution in [0.15, 0.2) is 30.3 Å². The second-order valence-corrected chi connectivity index (χ2v) is 7.86. The molecule has 0 aliphatic carbocycles. The average molecular weight is 357 g/mol. The average Bonchev–Trinajstić information content (AvgIpc) is 2.75. The molecule has 0 radical (unpaired) electrons. The maximum atomic E-state index is 13.1. The highest BCUT2D eigenvalue weighted by Crippen LogP contribution is 2.26. The van der Waals surface area contributed by atoms with E-state index in [0.717, 1.165) is 71.6 Å². The number of likely N-dealkylation sites (tertiary alicyclic amines) is 1. The van der Waals surface area contributed by atoms with Crippen LogP contribution in [0.1, 0.15) is 37.3 Å². The molecule has 3 fully saturated rings. The third-order valence-electron chi connectivity index (χ3n) is 6.28. The normalized spacial score (nSPS) is 26.8. The van der Waals surface area contributed by atoms with Crippen molar-refractivity contribution in [2.75, 3.05) is 45.9 Å². The lowest BCUT2D eigenvalue weighted by Gasteiger charge is -2.41. The summed E-state index contributed by atoms with van der Waals surface area (Å²) in [4.78, 5) is 17.8. The topological polar surface area (TPSA) is 44.8 Å². The number of piperazine rings is 1. The van der Waals surface area contributed by atoms with Gasteiger partial charge in [-0.15, -0.1) is 0 Å². The molecule has 3 saturated heterocycles. The van der Waals surface area contributed by atoms with Gasteiger partial charge >= 0.3 is 0 Å². The van der Waals surface area contributed by atoms with E-state index in [0.29, 0.717) is 11.9 Å². The molecule has 0 saturated carbocycles. The van der Waals surface area contributed by atoms with Gasteiger partial charge in [0.15, 0.2) is 0 Å². The van der Waals surface area contributed by atoms with Gasteiger partial charge in [0, 0.05) is 50.8 Å². The number of nitrogens with one attached hydrogen (secondary N) is 1. The lowest BCUT2D eigenvalue weighted by atomic mass is 9.92. The highest BCUT2D eigenvalue weighted by atomic mass is 16.5. The van der Waals surface area contributed by atoms with E-state index >= 15 is 0 Å². The Morgan fingerprint density at radius 3 is 2.46 bits per heavy atom. The fraction of sp³-hybridized carbons (Fsp3) is 0.667. The first kappa shape index (κ1) is 18.0. The molecular weight excluding hydrogens is 326 g/mol. The third-order valence-corrected chi connectivity index (χ3v) is 6.28. The number of ether oxygens (including phenoxy) is 1. The van der Waals surface area contributed by atoms with Crippen molar-refractivity contribution in [2.24, 2.45) is 5.92 Å². The molecule has 4 rings (SSSR count). The fourth-order valence-corrected chi connectivity index (χ4v) is 4.68. The van der Waals surface area contributed by atoms with Crippen molar-refractivity contribution in [3.05, 3.63) is 35.9 Å². The zero-order valence-electron chi connectivity index (χ0n) is 15.6. The summed E-state index contributed by atoms with van der Waals surface area (Å²) in [6.45, 7) is 6.43. The van der Waals surface area contributed by atoms with Crippen LogP contribution in [0.25, 0.3) is 0 Å². The van der Waals surface area contributed by atoms with Crippen LogP contribution in [0.5, 0.6) is 0 Å². The largest absolute Gasteiger partial charge is 0.381 e. The second-order valence-electron chi connectivity index (χ2n) is 7.86. The minimum Gasteiger partial charge on any atom is -0.381 e. The molecule has 0 aromatic heterocycles. The Balaban J connectivity index is 1.30. The van der Waals surface area contributed by atoms with Crippen molar-refractivity contribution in [2.45, 2.75) is 37.8 Å². The summed E-state index contributed by atoms with van der Waals surface area (Å²) >= 11 is 0. The lowest BCUT2D eigenvalue weighted by Crippen LogP contribution is -2.52. The van der Waals surface area contributed by atoms with Gasteiger partial charge in [0.2, 0.25) is 5.91 Å². The van der Waals surface area contributed by atoms with E-state index in [2.05, 4.69) is 39.4 Å². The lowest BCUT2D eigenvalue weighted by molar-refractivity contribution is -0.138. The predicted octanol–water partition coefficient (Wildman–Crippen LogP) is 2.05. The SMILES string of the molecule is O=C(C1CCN(C2CCOCC2)CC1)N1CCNC(c2ccccc2)C1. The minimum atomic E-state index is 0.209. The molecule has 3 aliphatic heterocycles. The highest BCUT2D eigenvalue weighted by Gasteiger charge is 2.33. The minimum absolute atomic E-state index is 0.209. The molecule has 5 heteroatoms. The predicted molar refractivity (Wildman–Crippen MR) is 102 cm³/mol. The molecule has 1 unspecified atom stereocenters. The van der Waals surface area contributed by atoms with Gasteiger partial charge in [0.05, 0.1) is 0 Å². The molecule has 1 N–H and O–H groups in total. The van der Waals surface area contributed by atoms with Crippen LogP contribution in [-0.2, 0) is 9.53 Å². The van der Waals surface area contributed by atoms with E-state index < -0.39 is 0 Å². The number of nitrogens with zero attached hydrogens (tertiary/aromatic N) is 2. The van der Waals surface area contributed by atoms with Crippen LogP contribution >= 0.6 is 0 Å². The molecule has 5 nitrogen and oxygen atoms in total. The summed E-state index contributed by atoms with van der Waals surface area (Å²) in [7, 11) is 0. The molecular formula is C21H31N3O2. The van der Waals surface area contributed by atoms with E-state index in [9.17, 15) is 4.79 Å². The molecule has 3 heterocycles. The Hall–Kier alpha value is -1.43. The smallest absolute Gasteiger partial charge is 0.225 e. The van der Waals surface area contributed by atoms with E-state index in [1.54, 1.807) is 0 Å². The Morgan fingerprint density at radius 1 is 1.00 bits per heavy atom. The standard InChI is InChI=1S/C21H31N3O2/c25-21(18-6-11-23(12-7-18)19-8-14-26-15-9-19)24-13-10-22-20(16-24)17-4-2-1-3-5-17/h1-5,18-20,22H,6-16H2. The molecule has 142 valence electrons. The van der Waals surface area contributed by atoms with E-state index in [4.69, 9.17) is 4.74 Å². The van der Waals surface area contributed by atoms with Gasteiger partial charge in [0.25, 0.3) is 0 Å². The summed E-state index contributed by atoms with van der Waals surface area (Å²) in [5.74, 6) is 0.583. The first-order valence-electron chi connectivity index (χ1n) is 10.2.